The highest BCUT2D eigenvalue weighted by Crippen LogP contribution is 2.13. The van der Waals surface area contributed by atoms with Crippen LogP contribution in [0.4, 0.5) is 0 Å². The fraction of sp³-hybridized carbons (Fsp3) is 0.818. The molecule has 15 heavy (non-hydrogen) atoms. The SMILES string of the molecule is CC(=O)CC(C)CCCCC(N)C(=O)O. The molecule has 2 unspecified atom stereocenters. The summed E-state index contributed by atoms with van der Waals surface area (Å²) in [4.78, 5) is 21.2. The standard InChI is InChI=1S/C11H21NO3/c1-8(7-9(2)13)5-3-4-6-10(12)11(14)15/h8,10H,3-7,12H2,1-2H3,(H,14,15). The second-order valence-corrected chi connectivity index (χ2v) is 4.24. The smallest absolute Gasteiger partial charge is 0.320 e. The van der Waals surface area contributed by atoms with E-state index in [1.807, 2.05) is 6.92 Å². The van der Waals surface area contributed by atoms with Crippen LogP contribution in [-0.4, -0.2) is 22.9 Å². The summed E-state index contributed by atoms with van der Waals surface area (Å²) in [6.07, 6.45) is 3.85. The number of Topliss-reactive ketones (excluding diaryl/α,β-unsaturated/α-hetero) is 1. The van der Waals surface area contributed by atoms with Gasteiger partial charge in [0.15, 0.2) is 0 Å². The minimum Gasteiger partial charge on any atom is -0.480 e. The molecule has 0 bridgehead atoms. The van der Waals surface area contributed by atoms with Gasteiger partial charge in [-0.05, 0) is 19.3 Å². The summed E-state index contributed by atoms with van der Waals surface area (Å²) >= 11 is 0. The van der Waals surface area contributed by atoms with E-state index >= 15 is 0 Å². The summed E-state index contributed by atoms with van der Waals surface area (Å²) in [6.45, 7) is 3.63. The second kappa shape index (κ2) is 7.40. The Hall–Kier alpha value is -0.900. The average Bonchev–Trinajstić information content (AvgIpc) is 2.10. The first-order valence-electron chi connectivity index (χ1n) is 5.41. The molecule has 0 aliphatic carbocycles. The Morgan fingerprint density at radius 1 is 1.27 bits per heavy atom. The number of carboxylic acids is 1. The van der Waals surface area contributed by atoms with E-state index in [9.17, 15) is 9.59 Å². The third kappa shape index (κ3) is 8.12. The molecule has 4 heteroatoms. The van der Waals surface area contributed by atoms with Crippen LogP contribution in [0.5, 0.6) is 0 Å². The molecule has 0 aromatic heterocycles. The van der Waals surface area contributed by atoms with E-state index in [2.05, 4.69) is 0 Å². The summed E-state index contributed by atoms with van der Waals surface area (Å²) in [6, 6.07) is -0.742. The van der Waals surface area contributed by atoms with Gasteiger partial charge in [0.25, 0.3) is 0 Å². The molecule has 0 rings (SSSR count). The molecule has 0 spiro atoms. The van der Waals surface area contributed by atoms with E-state index in [0.29, 0.717) is 18.8 Å². The van der Waals surface area contributed by atoms with Crippen molar-refractivity contribution in [3.05, 3.63) is 0 Å². The van der Waals surface area contributed by atoms with Crippen LogP contribution in [0.15, 0.2) is 0 Å². The van der Waals surface area contributed by atoms with Gasteiger partial charge in [0.1, 0.15) is 11.8 Å². The number of hydrogen-bond donors (Lipinski definition) is 2. The van der Waals surface area contributed by atoms with Gasteiger partial charge in [-0.25, -0.2) is 0 Å². The molecule has 0 heterocycles. The summed E-state index contributed by atoms with van der Waals surface area (Å²) in [7, 11) is 0. The third-order valence-corrected chi connectivity index (χ3v) is 2.42. The molecule has 0 aliphatic heterocycles. The normalized spacial score (nSPS) is 14.6. The van der Waals surface area contributed by atoms with Crippen molar-refractivity contribution in [3.63, 3.8) is 0 Å². The van der Waals surface area contributed by atoms with E-state index in [1.54, 1.807) is 6.92 Å². The molecule has 0 aliphatic rings. The van der Waals surface area contributed by atoms with Crippen molar-refractivity contribution < 1.29 is 14.7 Å². The maximum Gasteiger partial charge on any atom is 0.320 e. The Kier molecular flexibility index (Phi) is 6.96. The Morgan fingerprint density at radius 2 is 1.80 bits per heavy atom. The quantitative estimate of drug-likeness (QED) is 0.602. The molecular weight excluding hydrogens is 194 g/mol. The van der Waals surface area contributed by atoms with Gasteiger partial charge in [0, 0.05) is 6.42 Å². The number of carbonyl (C=O) groups excluding carboxylic acids is 1. The number of rotatable bonds is 8. The highest BCUT2D eigenvalue weighted by atomic mass is 16.4. The fourth-order valence-corrected chi connectivity index (χ4v) is 1.57. The largest absolute Gasteiger partial charge is 0.480 e. The number of carboxylic acid groups (broad SMARTS) is 1. The van der Waals surface area contributed by atoms with Crippen molar-refractivity contribution in [3.8, 4) is 0 Å². The summed E-state index contributed by atoms with van der Waals surface area (Å²) in [5.74, 6) is -0.333. The Balaban J connectivity index is 3.46. The van der Waals surface area contributed by atoms with Crippen LogP contribution in [0, 0.1) is 5.92 Å². The lowest BCUT2D eigenvalue weighted by molar-refractivity contribution is -0.138. The van der Waals surface area contributed by atoms with Crippen LogP contribution in [0.1, 0.15) is 46.0 Å². The predicted octanol–water partition coefficient (Wildman–Crippen LogP) is 1.57. The Labute approximate surface area is 90.8 Å². The molecule has 2 atom stereocenters. The first-order chi connectivity index (χ1) is 6.93. The first-order valence-corrected chi connectivity index (χ1v) is 5.41. The maximum absolute atomic E-state index is 10.8. The molecule has 4 nitrogen and oxygen atoms in total. The van der Waals surface area contributed by atoms with Crippen LogP contribution in [0.2, 0.25) is 0 Å². The Morgan fingerprint density at radius 3 is 2.27 bits per heavy atom. The van der Waals surface area contributed by atoms with Crippen LogP contribution < -0.4 is 5.73 Å². The minimum atomic E-state index is -0.938. The number of carbonyl (C=O) groups is 2. The molecule has 3 N–H and O–H groups in total. The second-order valence-electron chi connectivity index (χ2n) is 4.24. The van der Waals surface area contributed by atoms with Crippen molar-refractivity contribution >= 4 is 11.8 Å². The lowest BCUT2D eigenvalue weighted by atomic mass is 9.97. The van der Waals surface area contributed by atoms with Crippen LogP contribution in [-0.2, 0) is 9.59 Å². The van der Waals surface area contributed by atoms with E-state index in [-0.39, 0.29) is 5.78 Å². The molecule has 0 aromatic carbocycles. The van der Waals surface area contributed by atoms with Crippen LogP contribution in [0.25, 0.3) is 0 Å². The fourth-order valence-electron chi connectivity index (χ4n) is 1.57. The van der Waals surface area contributed by atoms with Gasteiger partial charge < -0.3 is 15.6 Å². The van der Waals surface area contributed by atoms with Crippen molar-refractivity contribution in [2.45, 2.75) is 52.0 Å². The monoisotopic (exact) mass is 215 g/mol. The summed E-state index contributed by atoms with van der Waals surface area (Å²) in [5, 5.41) is 8.54. The topological polar surface area (TPSA) is 80.4 Å². The molecule has 0 saturated heterocycles. The van der Waals surface area contributed by atoms with Gasteiger partial charge in [-0.1, -0.05) is 26.2 Å². The van der Waals surface area contributed by atoms with E-state index in [0.717, 1.165) is 19.3 Å². The van der Waals surface area contributed by atoms with Gasteiger partial charge in [-0.2, -0.15) is 0 Å². The zero-order valence-corrected chi connectivity index (χ0v) is 9.53. The van der Waals surface area contributed by atoms with Gasteiger partial charge >= 0.3 is 5.97 Å². The number of ketones is 1. The molecule has 0 radical (unpaired) electrons. The predicted molar refractivity (Wildman–Crippen MR) is 58.5 cm³/mol. The third-order valence-electron chi connectivity index (χ3n) is 2.42. The summed E-state index contributed by atoms with van der Waals surface area (Å²) in [5.41, 5.74) is 5.36. The lowest BCUT2D eigenvalue weighted by Crippen LogP contribution is -2.29. The summed E-state index contributed by atoms with van der Waals surface area (Å²) < 4.78 is 0. The van der Waals surface area contributed by atoms with Crippen molar-refractivity contribution in [1.82, 2.24) is 0 Å². The minimum absolute atomic E-state index is 0.213. The van der Waals surface area contributed by atoms with Crippen LogP contribution in [0.3, 0.4) is 0 Å². The molecular formula is C11H21NO3. The zero-order valence-electron chi connectivity index (χ0n) is 9.53. The van der Waals surface area contributed by atoms with Gasteiger partial charge in [-0.15, -0.1) is 0 Å². The molecule has 0 amide bonds. The van der Waals surface area contributed by atoms with E-state index in [4.69, 9.17) is 10.8 Å². The molecule has 88 valence electrons. The number of unbranched alkanes of at least 4 members (excludes halogenated alkanes) is 1. The van der Waals surface area contributed by atoms with E-state index in [1.165, 1.54) is 0 Å². The number of hydrogen-bond acceptors (Lipinski definition) is 3. The average molecular weight is 215 g/mol. The van der Waals surface area contributed by atoms with Gasteiger partial charge in [0.05, 0.1) is 0 Å². The molecule has 0 saturated carbocycles. The highest BCUT2D eigenvalue weighted by molar-refractivity contribution is 5.75. The Bertz CT molecular complexity index is 216. The van der Waals surface area contributed by atoms with Gasteiger partial charge in [-0.3, -0.25) is 4.79 Å². The van der Waals surface area contributed by atoms with Crippen molar-refractivity contribution in [1.29, 1.82) is 0 Å². The van der Waals surface area contributed by atoms with Crippen LogP contribution >= 0.6 is 0 Å². The zero-order chi connectivity index (χ0) is 11.8. The molecule has 0 aromatic rings. The first kappa shape index (κ1) is 14.1. The van der Waals surface area contributed by atoms with Crippen molar-refractivity contribution in [2.24, 2.45) is 11.7 Å². The van der Waals surface area contributed by atoms with Crippen molar-refractivity contribution in [2.75, 3.05) is 0 Å². The number of nitrogens with two attached hydrogens (primary N) is 1. The highest BCUT2D eigenvalue weighted by Gasteiger charge is 2.11. The lowest BCUT2D eigenvalue weighted by Gasteiger charge is -2.09. The number of aliphatic carboxylic acids is 1. The van der Waals surface area contributed by atoms with E-state index < -0.39 is 12.0 Å². The van der Waals surface area contributed by atoms with Gasteiger partial charge in [0.2, 0.25) is 0 Å². The molecule has 0 fully saturated rings. The maximum atomic E-state index is 10.8.